The van der Waals surface area contributed by atoms with Crippen LogP contribution in [-0.4, -0.2) is 32.8 Å². The van der Waals surface area contributed by atoms with E-state index in [-0.39, 0.29) is 0 Å². The Kier molecular flexibility index (Phi) is 3.92. The third-order valence-electron chi connectivity index (χ3n) is 4.36. The van der Waals surface area contributed by atoms with Crippen LogP contribution in [0.25, 0.3) is 0 Å². The summed E-state index contributed by atoms with van der Waals surface area (Å²) in [5.41, 5.74) is 2.72. The number of benzene rings is 1. The highest BCUT2D eigenvalue weighted by Crippen LogP contribution is 2.29. The van der Waals surface area contributed by atoms with Crippen molar-refractivity contribution in [1.29, 1.82) is 0 Å². The normalized spacial score (nSPS) is 23.0. The van der Waals surface area contributed by atoms with Crippen molar-refractivity contribution in [2.24, 2.45) is 0 Å². The van der Waals surface area contributed by atoms with E-state index >= 15 is 0 Å². The topological polar surface area (TPSA) is 24.5 Å². The third kappa shape index (κ3) is 2.86. The molecule has 2 aliphatic heterocycles. The minimum Gasteiger partial charge on any atom is -0.496 e. The highest BCUT2D eigenvalue weighted by Gasteiger charge is 2.18. The minimum atomic E-state index is 0.628. The summed E-state index contributed by atoms with van der Waals surface area (Å²) in [5, 5.41) is 3.58. The molecule has 1 aromatic carbocycles. The second-order valence-electron chi connectivity index (χ2n) is 5.69. The van der Waals surface area contributed by atoms with Gasteiger partial charge in [-0.3, -0.25) is 0 Å². The van der Waals surface area contributed by atoms with Gasteiger partial charge in [0.05, 0.1) is 7.11 Å². The highest BCUT2D eigenvalue weighted by atomic mass is 16.5. The standard InChI is InChI=1S/C16H24N2O/c1-19-16-7-6-15(18-9-2-3-10-18)12-13(16)11-14-5-4-8-17-14/h6-7,12,14,17H,2-5,8-11H2,1H3. The van der Waals surface area contributed by atoms with Crippen molar-refractivity contribution in [2.45, 2.75) is 38.1 Å². The fourth-order valence-electron chi connectivity index (χ4n) is 3.29. The molecule has 2 saturated heterocycles. The van der Waals surface area contributed by atoms with E-state index in [1.807, 2.05) is 0 Å². The maximum Gasteiger partial charge on any atom is 0.122 e. The molecule has 0 saturated carbocycles. The van der Waals surface area contributed by atoms with E-state index in [0.717, 1.165) is 12.2 Å². The lowest BCUT2D eigenvalue weighted by atomic mass is 10.0. The van der Waals surface area contributed by atoms with Crippen LogP contribution in [-0.2, 0) is 6.42 Å². The minimum absolute atomic E-state index is 0.628. The van der Waals surface area contributed by atoms with E-state index in [9.17, 15) is 0 Å². The second-order valence-corrected chi connectivity index (χ2v) is 5.69. The van der Waals surface area contributed by atoms with E-state index in [4.69, 9.17) is 4.74 Å². The third-order valence-corrected chi connectivity index (χ3v) is 4.36. The molecule has 2 aliphatic rings. The van der Waals surface area contributed by atoms with Gasteiger partial charge >= 0.3 is 0 Å². The Morgan fingerprint density at radius 3 is 2.79 bits per heavy atom. The molecular weight excluding hydrogens is 236 g/mol. The fraction of sp³-hybridized carbons (Fsp3) is 0.625. The molecule has 0 spiro atoms. The zero-order chi connectivity index (χ0) is 13.1. The smallest absolute Gasteiger partial charge is 0.122 e. The number of ether oxygens (including phenoxy) is 1. The summed E-state index contributed by atoms with van der Waals surface area (Å²) in [6, 6.07) is 7.31. The van der Waals surface area contributed by atoms with E-state index in [0.29, 0.717) is 6.04 Å². The molecule has 1 aromatic rings. The van der Waals surface area contributed by atoms with Gasteiger partial charge in [0.1, 0.15) is 5.75 Å². The molecule has 0 radical (unpaired) electrons. The van der Waals surface area contributed by atoms with Gasteiger partial charge < -0.3 is 15.0 Å². The molecule has 104 valence electrons. The lowest BCUT2D eigenvalue weighted by Gasteiger charge is -2.21. The molecule has 1 N–H and O–H groups in total. The summed E-state index contributed by atoms with van der Waals surface area (Å²) in [4.78, 5) is 2.49. The molecule has 19 heavy (non-hydrogen) atoms. The van der Waals surface area contributed by atoms with E-state index in [1.165, 1.54) is 56.6 Å². The van der Waals surface area contributed by atoms with Gasteiger partial charge in [-0.25, -0.2) is 0 Å². The van der Waals surface area contributed by atoms with Crippen LogP contribution in [0, 0.1) is 0 Å². The number of hydrogen-bond acceptors (Lipinski definition) is 3. The van der Waals surface area contributed by atoms with Gasteiger partial charge in [0.25, 0.3) is 0 Å². The van der Waals surface area contributed by atoms with Crippen LogP contribution in [0.3, 0.4) is 0 Å². The first-order valence-electron chi connectivity index (χ1n) is 7.52. The van der Waals surface area contributed by atoms with Crippen molar-refractivity contribution < 1.29 is 4.74 Å². The van der Waals surface area contributed by atoms with Crippen LogP contribution < -0.4 is 15.0 Å². The van der Waals surface area contributed by atoms with Crippen LogP contribution in [0.2, 0.25) is 0 Å². The number of rotatable bonds is 4. The summed E-state index contributed by atoms with van der Waals surface area (Å²) in [5.74, 6) is 1.04. The predicted molar refractivity (Wildman–Crippen MR) is 79.2 cm³/mol. The van der Waals surface area contributed by atoms with Gasteiger partial charge in [0.2, 0.25) is 0 Å². The van der Waals surface area contributed by atoms with Crippen molar-refractivity contribution in [3.63, 3.8) is 0 Å². The Labute approximate surface area is 115 Å². The molecule has 3 heteroatoms. The van der Waals surface area contributed by atoms with Gasteiger partial charge in [0, 0.05) is 24.8 Å². The van der Waals surface area contributed by atoms with Crippen molar-refractivity contribution in [3.05, 3.63) is 23.8 Å². The van der Waals surface area contributed by atoms with Crippen LogP contribution >= 0.6 is 0 Å². The Balaban J connectivity index is 1.79. The van der Waals surface area contributed by atoms with Gasteiger partial charge in [-0.05, 0) is 62.4 Å². The first kappa shape index (κ1) is 12.8. The predicted octanol–water partition coefficient (Wildman–Crippen LogP) is 2.59. The quantitative estimate of drug-likeness (QED) is 0.900. The lowest BCUT2D eigenvalue weighted by Crippen LogP contribution is -2.24. The van der Waals surface area contributed by atoms with Gasteiger partial charge in [-0.2, -0.15) is 0 Å². The average Bonchev–Trinajstić information content (AvgIpc) is 3.11. The zero-order valence-electron chi connectivity index (χ0n) is 11.8. The van der Waals surface area contributed by atoms with Crippen LogP contribution in [0.5, 0.6) is 5.75 Å². The molecule has 0 bridgehead atoms. The molecule has 0 aromatic heterocycles. The molecule has 3 rings (SSSR count). The zero-order valence-corrected chi connectivity index (χ0v) is 11.8. The van der Waals surface area contributed by atoms with Crippen LogP contribution in [0.15, 0.2) is 18.2 Å². The molecular formula is C16H24N2O. The number of nitrogens with zero attached hydrogens (tertiary/aromatic N) is 1. The number of anilines is 1. The summed E-state index contributed by atoms with van der Waals surface area (Å²) in [6.45, 7) is 3.57. The number of nitrogens with one attached hydrogen (secondary N) is 1. The highest BCUT2D eigenvalue weighted by molar-refractivity contribution is 5.54. The molecule has 2 heterocycles. The van der Waals surface area contributed by atoms with E-state index in [2.05, 4.69) is 28.4 Å². The molecule has 1 atom stereocenters. The number of methoxy groups -OCH3 is 1. The molecule has 2 fully saturated rings. The monoisotopic (exact) mass is 260 g/mol. The second kappa shape index (κ2) is 5.83. The maximum atomic E-state index is 5.53. The van der Waals surface area contributed by atoms with Crippen molar-refractivity contribution in [3.8, 4) is 5.75 Å². The van der Waals surface area contributed by atoms with Crippen LogP contribution in [0.4, 0.5) is 5.69 Å². The molecule has 0 amide bonds. The van der Waals surface area contributed by atoms with Gasteiger partial charge in [-0.1, -0.05) is 0 Å². The molecule has 3 nitrogen and oxygen atoms in total. The van der Waals surface area contributed by atoms with Gasteiger partial charge in [0.15, 0.2) is 0 Å². The summed E-state index contributed by atoms with van der Waals surface area (Å²) < 4.78 is 5.53. The first-order chi connectivity index (χ1) is 9.36. The van der Waals surface area contributed by atoms with E-state index in [1.54, 1.807) is 7.11 Å². The Bertz CT molecular complexity index is 421. The van der Waals surface area contributed by atoms with Crippen molar-refractivity contribution in [1.82, 2.24) is 5.32 Å². The number of hydrogen-bond donors (Lipinski definition) is 1. The molecule has 1 unspecified atom stereocenters. The largest absolute Gasteiger partial charge is 0.496 e. The van der Waals surface area contributed by atoms with Crippen molar-refractivity contribution >= 4 is 5.69 Å². The fourth-order valence-corrected chi connectivity index (χ4v) is 3.29. The SMILES string of the molecule is COc1ccc(N2CCCC2)cc1CC1CCCN1. The average molecular weight is 260 g/mol. The van der Waals surface area contributed by atoms with Gasteiger partial charge in [-0.15, -0.1) is 0 Å². The Morgan fingerprint density at radius 1 is 1.26 bits per heavy atom. The van der Waals surface area contributed by atoms with E-state index < -0.39 is 0 Å². The summed E-state index contributed by atoms with van der Waals surface area (Å²) in [6.07, 6.45) is 6.33. The lowest BCUT2D eigenvalue weighted by molar-refractivity contribution is 0.407. The Morgan fingerprint density at radius 2 is 2.11 bits per heavy atom. The maximum absolute atomic E-state index is 5.53. The molecule has 0 aliphatic carbocycles. The van der Waals surface area contributed by atoms with Crippen molar-refractivity contribution in [2.75, 3.05) is 31.6 Å². The first-order valence-corrected chi connectivity index (χ1v) is 7.52. The van der Waals surface area contributed by atoms with Crippen LogP contribution in [0.1, 0.15) is 31.2 Å². The summed E-state index contributed by atoms with van der Waals surface area (Å²) in [7, 11) is 1.77. The Hall–Kier alpha value is -1.22. The summed E-state index contributed by atoms with van der Waals surface area (Å²) >= 11 is 0.